The summed E-state index contributed by atoms with van der Waals surface area (Å²) in [7, 11) is 0. The number of primary amides is 1. The van der Waals surface area contributed by atoms with Crippen LogP contribution in [-0.2, 0) is 5.75 Å². The van der Waals surface area contributed by atoms with E-state index in [4.69, 9.17) is 11.5 Å². The summed E-state index contributed by atoms with van der Waals surface area (Å²) in [5.41, 5.74) is 12.1. The Hall–Kier alpha value is -1.53. The lowest BCUT2D eigenvalue weighted by atomic mass is 10.1. The molecule has 0 aromatic heterocycles. The van der Waals surface area contributed by atoms with Gasteiger partial charge in [0.05, 0.1) is 0 Å². The van der Waals surface area contributed by atoms with Gasteiger partial charge in [0.15, 0.2) is 0 Å². The zero-order valence-corrected chi connectivity index (χ0v) is 12.8. The maximum Gasteiger partial charge on any atom is 0.248 e. The molecule has 0 saturated heterocycles. The molecule has 0 unspecified atom stereocenters. The second-order valence-corrected chi connectivity index (χ2v) is 6.02. The molecule has 0 aliphatic rings. The molecule has 0 atom stereocenters. The SMILES string of the molecule is NC(=O)c1ccc(CSc2ccc(N)cc2Br)c(F)c1. The lowest BCUT2D eigenvalue weighted by Gasteiger charge is -2.07. The van der Waals surface area contributed by atoms with Gasteiger partial charge in [-0.15, -0.1) is 11.8 Å². The number of nitrogens with two attached hydrogens (primary N) is 2. The summed E-state index contributed by atoms with van der Waals surface area (Å²) in [4.78, 5) is 11.9. The quantitative estimate of drug-likeness (QED) is 0.651. The number of carbonyl (C=O) groups is 1. The predicted molar refractivity (Wildman–Crippen MR) is 83.0 cm³/mol. The Kier molecular flexibility index (Phi) is 4.67. The molecule has 0 aliphatic carbocycles. The van der Waals surface area contributed by atoms with E-state index >= 15 is 0 Å². The Bertz CT molecular complexity index is 664. The van der Waals surface area contributed by atoms with Gasteiger partial charge in [0.1, 0.15) is 5.82 Å². The molecule has 2 aromatic rings. The van der Waals surface area contributed by atoms with Gasteiger partial charge in [-0.3, -0.25) is 4.79 Å². The number of hydrogen-bond acceptors (Lipinski definition) is 3. The fourth-order valence-corrected chi connectivity index (χ4v) is 3.25. The number of halogens is 2. The summed E-state index contributed by atoms with van der Waals surface area (Å²) in [6.07, 6.45) is 0. The summed E-state index contributed by atoms with van der Waals surface area (Å²) in [6.45, 7) is 0. The predicted octanol–water partition coefficient (Wildman–Crippen LogP) is 3.56. The van der Waals surface area contributed by atoms with Crippen molar-refractivity contribution >= 4 is 39.3 Å². The van der Waals surface area contributed by atoms with Gasteiger partial charge >= 0.3 is 0 Å². The minimum absolute atomic E-state index is 0.171. The first-order chi connectivity index (χ1) is 9.47. The van der Waals surface area contributed by atoms with Crippen molar-refractivity contribution in [3.8, 4) is 0 Å². The smallest absolute Gasteiger partial charge is 0.248 e. The molecular weight excluding hydrogens is 343 g/mol. The third kappa shape index (κ3) is 3.52. The molecule has 0 fully saturated rings. The van der Waals surface area contributed by atoms with Crippen LogP contribution in [0.3, 0.4) is 0 Å². The van der Waals surface area contributed by atoms with E-state index in [9.17, 15) is 9.18 Å². The summed E-state index contributed by atoms with van der Waals surface area (Å²) < 4.78 is 14.7. The molecule has 0 spiro atoms. The van der Waals surface area contributed by atoms with E-state index < -0.39 is 11.7 Å². The number of nitrogen functional groups attached to an aromatic ring is 1. The second-order valence-electron chi connectivity index (χ2n) is 4.15. The van der Waals surface area contributed by atoms with Crippen molar-refractivity contribution in [2.75, 3.05) is 5.73 Å². The first-order valence-electron chi connectivity index (χ1n) is 5.73. The molecule has 0 radical (unpaired) electrons. The summed E-state index contributed by atoms with van der Waals surface area (Å²) >= 11 is 4.89. The fraction of sp³-hybridized carbons (Fsp3) is 0.0714. The van der Waals surface area contributed by atoms with Crippen molar-refractivity contribution in [3.05, 3.63) is 57.8 Å². The van der Waals surface area contributed by atoms with Gasteiger partial charge < -0.3 is 11.5 Å². The number of hydrogen-bond donors (Lipinski definition) is 2. The Labute approximate surface area is 128 Å². The van der Waals surface area contributed by atoms with Crippen LogP contribution in [-0.4, -0.2) is 5.91 Å². The first-order valence-corrected chi connectivity index (χ1v) is 7.51. The molecule has 0 bridgehead atoms. The monoisotopic (exact) mass is 354 g/mol. The highest BCUT2D eigenvalue weighted by molar-refractivity contribution is 9.10. The van der Waals surface area contributed by atoms with Crippen molar-refractivity contribution in [1.82, 2.24) is 0 Å². The van der Waals surface area contributed by atoms with E-state index in [0.29, 0.717) is 17.0 Å². The molecule has 0 heterocycles. The largest absolute Gasteiger partial charge is 0.399 e. The van der Waals surface area contributed by atoms with Gasteiger partial charge in [-0.05, 0) is 51.8 Å². The van der Waals surface area contributed by atoms with Crippen LogP contribution in [0.5, 0.6) is 0 Å². The molecule has 20 heavy (non-hydrogen) atoms. The molecule has 104 valence electrons. The molecule has 6 heteroatoms. The lowest BCUT2D eigenvalue weighted by molar-refractivity contribution is 0.1000. The molecule has 3 nitrogen and oxygen atoms in total. The number of anilines is 1. The minimum atomic E-state index is -0.635. The molecule has 0 aliphatic heterocycles. The summed E-state index contributed by atoms with van der Waals surface area (Å²) in [5.74, 6) is -0.613. The number of benzene rings is 2. The van der Waals surface area contributed by atoms with Gasteiger partial charge in [-0.25, -0.2) is 4.39 Å². The van der Waals surface area contributed by atoms with Crippen LogP contribution in [0.15, 0.2) is 45.8 Å². The number of amides is 1. The summed E-state index contributed by atoms with van der Waals surface area (Å²) in [6, 6.07) is 9.73. The van der Waals surface area contributed by atoms with Crippen LogP contribution < -0.4 is 11.5 Å². The van der Waals surface area contributed by atoms with Gasteiger partial charge in [-0.2, -0.15) is 0 Å². The zero-order valence-electron chi connectivity index (χ0n) is 10.4. The highest BCUT2D eigenvalue weighted by atomic mass is 79.9. The van der Waals surface area contributed by atoms with E-state index in [1.165, 1.54) is 17.8 Å². The maximum atomic E-state index is 13.8. The number of rotatable bonds is 4. The average Bonchev–Trinajstić information content (AvgIpc) is 2.38. The maximum absolute atomic E-state index is 13.8. The Morgan fingerprint density at radius 1 is 1.25 bits per heavy atom. The molecular formula is C14H12BrFN2OS. The van der Waals surface area contributed by atoms with E-state index in [0.717, 1.165) is 15.4 Å². The van der Waals surface area contributed by atoms with Crippen molar-refractivity contribution in [2.24, 2.45) is 5.73 Å². The fourth-order valence-electron chi connectivity index (χ4n) is 1.61. The average molecular weight is 355 g/mol. The molecule has 4 N–H and O–H groups in total. The van der Waals surface area contributed by atoms with E-state index in [1.807, 2.05) is 6.07 Å². The third-order valence-corrected chi connectivity index (χ3v) is 4.72. The Morgan fingerprint density at radius 3 is 2.60 bits per heavy atom. The molecule has 2 aromatic carbocycles. The highest BCUT2D eigenvalue weighted by Gasteiger charge is 2.08. The molecule has 0 saturated carbocycles. The number of thioether (sulfide) groups is 1. The van der Waals surface area contributed by atoms with Gasteiger partial charge in [-0.1, -0.05) is 6.07 Å². The molecule has 2 rings (SSSR count). The van der Waals surface area contributed by atoms with Crippen molar-refractivity contribution in [2.45, 2.75) is 10.6 Å². The Balaban J connectivity index is 2.13. The van der Waals surface area contributed by atoms with Crippen LogP contribution in [0.25, 0.3) is 0 Å². The second kappa shape index (κ2) is 6.28. The van der Waals surface area contributed by atoms with Crippen molar-refractivity contribution in [1.29, 1.82) is 0 Å². The lowest BCUT2D eigenvalue weighted by Crippen LogP contribution is -2.11. The number of carbonyl (C=O) groups excluding carboxylic acids is 1. The summed E-state index contributed by atoms with van der Waals surface area (Å²) in [5, 5.41) is 0. The topological polar surface area (TPSA) is 69.1 Å². The van der Waals surface area contributed by atoms with Gasteiger partial charge in [0, 0.05) is 26.4 Å². The first kappa shape index (κ1) is 14.9. The highest BCUT2D eigenvalue weighted by Crippen LogP contribution is 2.32. The van der Waals surface area contributed by atoms with Crippen LogP contribution >= 0.6 is 27.7 Å². The van der Waals surface area contributed by atoms with Crippen molar-refractivity contribution in [3.63, 3.8) is 0 Å². The third-order valence-electron chi connectivity index (χ3n) is 2.68. The molecule has 1 amide bonds. The zero-order chi connectivity index (χ0) is 14.7. The van der Waals surface area contributed by atoms with E-state index in [2.05, 4.69) is 15.9 Å². The van der Waals surface area contributed by atoms with Gasteiger partial charge in [0.25, 0.3) is 0 Å². The van der Waals surface area contributed by atoms with E-state index in [-0.39, 0.29) is 5.56 Å². The minimum Gasteiger partial charge on any atom is -0.399 e. The van der Waals surface area contributed by atoms with E-state index in [1.54, 1.807) is 18.2 Å². The van der Waals surface area contributed by atoms with Crippen LogP contribution in [0.4, 0.5) is 10.1 Å². The van der Waals surface area contributed by atoms with Gasteiger partial charge in [0.2, 0.25) is 5.91 Å². The van der Waals surface area contributed by atoms with Crippen LogP contribution in [0, 0.1) is 5.82 Å². The normalized spacial score (nSPS) is 10.5. The van der Waals surface area contributed by atoms with Crippen LogP contribution in [0.1, 0.15) is 15.9 Å². The van der Waals surface area contributed by atoms with Crippen molar-refractivity contribution < 1.29 is 9.18 Å². The van der Waals surface area contributed by atoms with Crippen LogP contribution in [0.2, 0.25) is 0 Å². The standard InChI is InChI=1S/C14H12BrFN2OS/c15-11-6-10(17)3-4-13(11)20-7-9-2-1-8(14(18)19)5-12(9)16/h1-6H,7,17H2,(H2,18,19). The Morgan fingerprint density at radius 2 is 2.00 bits per heavy atom.